The van der Waals surface area contributed by atoms with Gasteiger partial charge in [0.25, 0.3) is 0 Å². The predicted molar refractivity (Wildman–Crippen MR) is 132 cm³/mol. The molecule has 3 atom stereocenters. The summed E-state index contributed by atoms with van der Waals surface area (Å²) in [5.74, 6) is -0.494. The van der Waals surface area contributed by atoms with Crippen LogP contribution in [0.3, 0.4) is 0 Å². The lowest BCUT2D eigenvalue weighted by Crippen LogP contribution is -2.62. The van der Waals surface area contributed by atoms with Crippen LogP contribution in [-0.2, 0) is 9.59 Å². The lowest BCUT2D eigenvalue weighted by Gasteiger charge is -2.43. The van der Waals surface area contributed by atoms with Gasteiger partial charge in [0.05, 0.1) is 11.6 Å². The molecule has 5 rings (SSSR count). The number of para-hydroxylation sites is 1. The van der Waals surface area contributed by atoms with Gasteiger partial charge in [-0.2, -0.15) is 0 Å². The molecule has 0 bridgehead atoms. The van der Waals surface area contributed by atoms with Crippen LogP contribution in [0.25, 0.3) is 0 Å². The zero-order chi connectivity index (χ0) is 23.8. The van der Waals surface area contributed by atoms with E-state index in [9.17, 15) is 14.4 Å². The van der Waals surface area contributed by atoms with E-state index in [-0.39, 0.29) is 29.7 Å². The molecule has 0 spiro atoms. The summed E-state index contributed by atoms with van der Waals surface area (Å²) in [6.07, 6.45) is 1.78. The zero-order valence-corrected chi connectivity index (χ0v) is 20.0. The van der Waals surface area contributed by atoms with Crippen LogP contribution < -0.4 is 15.1 Å². The second-order valence-corrected chi connectivity index (χ2v) is 9.86. The normalized spacial score (nSPS) is 25.1. The molecule has 2 aliphatic heterocycles. The average molecular weight is 481 g/mol. The SMILES string of the molecule is Cc1ccc(Cl)cc1N1CCN(C(=O)C2CCC3C(=O)N(c4ccccc4)C(=O)NC3C2)CC1. The summed E-state index contributed by atoms with van der Waals surface area (Å²) in [6.45, 7) is 4.89. The highest BCUT2D eigenvalue weighted by molar-refractivity contribution is 6.30. The van der Waals surface area contributed by atoms with Crippen molar-refractivity contribution in [3.05, 3.63) is 59.1 Å². The second-order valence-electron chi connectivity index (χ2n) is 9.42. The number of nitrogens with zero attached hydrogens (tertiary/aromatic N) is 3. The highest BCUT2D eigenvalue weighted by atomic mass is 35.5. The smallest absolute Gasteiger partial charge is 0.328 e. The fraction of sp³-hybridized carbons (Fsp3) is 0.423. The number of piperazine rings is 1. The van der Waals surface area contributed by atoms with Crippen LogP contribution in [0.4, 0.5) is 16.2 Å². The largest absolute Gasteiger partial charge is 0.368 e. The summed E-state index contributed by atoms with van der Waals surface area (Å²) in [7, 11) is 0. The highest BCUT2D eigenvalue weighted by Gasteiger charge is 2.46. The van der Waals surface area contributed by atoms with Gasteiger partial charge in [-0.25, -0.2) is 9.69 Å². The first-order valence-corrected chi connectivity index (χ1v) is 12.3. The summed E-state index contributed by atoms with van der Waals surface area (Å²) in [5, 5.41) is 3.71. The van der Waals surface area contributed by atoms with Gasteiger partial charge in [-0.05, 0) is 56.0 Å². The van der Waals surface area contributed by atoms with E-state index in [2.05, 4.69) is 17.1 Å². The molecule has 0 aromatic heterocycles. The molecule has 3 aliphatic rings. The number of hydrogen-bond donors (Lipinski definition) is 1. The van der Waals surface area contributed by atoms with E-state index in [1.54, 1.807) is 12.1 Å². The van der Waals surface area contributed by atoms with Gasteiger partial charge in [-0.15, -0.1) is 0 Å². The number of rotatable bonds is 3. The first-order valence-electron chi connectivity index (χ1n) is 11.9. The summed E-state index contributed by atoms with van der Waals surface area (Å²) in [5.41, 5.74) is 2.87. The summed E-state index contributed by atoms with van der Waals surface area (Å²) < 4.78 is 0. The van der Waals surface area contributed by atoms with E-state index in [0.29, 0.717) is 43.1 Å². The molecule has 7 nitrogen and oxygen atoms in total. The van der Waals surface area contributed by atoms with Crippen molar-refractivity contribution in [2.75, 3.05) is 36.0 Å². The molecule has 8 heteroatoms. The third kappa shape index (κ3) is 4.25. The molecule has 1 saturated carbocycles. The van der Waals surface area contributed by atoms with E-state index in [1.807, 2.05) is 41.3 Å². The number of imide groups is 1. The predicted octanol–water partition coefficient (Wildman–Crippen LogP) is 3.84. The van der Waals surface area contributed by atoms with E-state index >= 15 is 0 Å². The van der Waals surface area contributed by atoms with Crippen LogP contribution in [0.15, 0.2) is 48.5 Å². The van der Waals surface area contributed by atoms with Crippen molar-refractivity contribution in [3.8, 4) is 0 Å². The number of carbonyl (C=O) groups is 3. The van der Waals surface area contributed by atoms with Crippen LogP contribution in [0.1, 0.15) is 24.8 Å². The summed E-state index contributed by atoms with van der Waals surface area (Å²) >= 11 is 6.19. The Hall–Kier alpha value is -3.06. The molecular formula is C26H29ClN4O3. The number of halogens is 1. The van der Waals surface area contributed by atoms with E-state index in [4.69, 9.17) is 11.6 Å². The standard InChI is InChI=1S/C26H29ClN4O3/c1-17-7-9-19(27)16-23(17)29-11-13-30(14-12-29)24(32)18-8-10-21-22(15-18)28-26(34)31(25(21)33)20-5-3-2-4-6-20/h2-7,9,16,18,21-22H,8,10-15H2,1H3,(H,28,34). The Morgan fingerprint density at radius 1 is 1.00 bits per heavy atom. The number of aryl methyl sites for hydroxylation is 1. The van der Waals surface area contributed by atoms with Gasteiger partial charge in [0, 0.05) is 48.8 Å². The van der Waals surface area contributed by atoms with Crippen molar-refractivity contribution in [1.29, 1.82) is 0 Å². The molecule has 0 radical (unpaired) electrons. The van der Waals surface area contributed by atoms with Crippen molar-refractivity contribution in [2.45, 2.75) is 32.2 Å². The Morgan fingerprint density at radius 2 is 1.74 bits per heavy atom. The Labute approximate surface area is 204 Å². The van der Waals surface area contributed by atoms with Crippen molar-refractivity contribution in [1.82, 2.24) is 10.2 Å². The molecule has 4 amide bonds. The topological polar surface area (TPSA) is 73.0 Å². The second kappa shape index (κ2) is 9.29. The minimum Gasteiger partial charge on any atom is -0.368 e. The van der Waals surface area contributed by atoms with Gasteiger partial charge < -0.3 is 15.1 Å². The monoisotopic (exact) mass is 480 g/mol. The summed E-state index contributed by atoms with van der Waals surface area (Å²) in [6, 6.07) is 14.2. The van der Waals surface area contributed by atoms with Crippen LogP contribution in [0.5, 0.6) is 0 Å². The van der Waals surface area contributed by atoms with Gasteiger partial charge in [0.1, 0.15) is 0 Å². The number of carbonyl (C=O) groups excluding carboxylic acids is 3. The maximum atomic E-state index is 13.3. The maximum Gasteiger partial charge on any atom is 0.328 e. The highest BCUT2D eigenvalue weighted by Crippen LogP contribution is 2.36. The van der Waals surface area contributed by atoms with E-state index in [1.165, 1.54) is 10.5 Å². The van der Waals surface area contributed by atoms with Crippen molar-refractivity contribution >= 4 is 40.8 Å². The van der Waals surface area contributed by atoms with Gasteiger partial charge >= 0.3 is 6.03 Å². The molecule has 1 aliphatic carbocycles. The average Bonchev–Trinajstić information content (AvgIpc) is 2.85. The quantitative estimate of drug-likeness (QED) is 0.724. The molecule has 2 heterocycles. The maximum absolute atomic E-state index is 13.3. The first kappa shape index (κ1) is 22.7. The minimum absolute atomic E-state index is 0.133. The van der Waals surface area contributed by atoms with Crippen LogP contribution in [-0.4, -0.2) is 55.0 Å². The molecular weight excluding hydrogens is 452 g/mol. The van der Waals surface area contributed by atoms with Crippen molar-refractivity contribution in [3.63, 3.8) is 0 Å². The zero-order valence-electron chi connectivity index (χ0n) is 19.2. The first-order chi connectivity index (χ1) is 16.4. The number of urea groups is 1. The van der Waals surface area contributed by atoms with Crippen molar-refractivity contribution in [2.24, 2.45) is 11.8 Å². The molecule has 2 aromatic rings. The molecule has 178 valence electrons. The van der Waals surface area contributed by atoms with Crippen LogP contribution in [0.2, 0.25) is 5.02 Å². The number of nitrogens with one attached hydrogen (secondary N) is 1. The van der Waals surface area contributed by atoms with E-state index < -0.39 is 6.03 Å². The Bertz CT molecular complexity index is 1100. The third-order valence-corrected chi connectivity index (χ3v) is 7.60. The Kier molecular flexibility index (Phi) is 6.21. The molecule has 2 aromatic carbocycles. The molecule has 3 fully saturated rings. The van der Waals surface area contributed by atoms with Gasteiger partial charge in [0.15, 0.2) is 0 Å². The minimum atomic E-state index is -0.406. The molecule has 3 unspecified atom stereocenters. The van der Waals surface area contributed by atoms with Gasteiger partial charge in [-0.1, -0.05) is 35.9 Å². The van der Waals surface area contributed by atoms with Gasteiger partial charge in [-0.3, -0.25) is 9.59 Å². The number of hydrogen-bond acceptors (Lipinski definition) is 4. The number of benzene rings is 2. The number of fused-ring (bicyclic) bond motifs is 1. The van der Waals surface area contributed by atoms with Crippen molar-refractivity contribution < 1.29 is 14.4 Å². The Morgan fingerprint density at radius 3 is 2.47 bits per heavy atom. The Balaban J connectivity index is 1.20. The fourth-order valence-electron chi connectivity index (χ4n) is 5.51. The fourth-order valence-corrected chi connectivity index (χ4v) is 5.68. The number of amides is 4. The number of anilines is 2. The van der Waals surface area contributed by atoms with Crippen LogP contribution in [0, 0.1) is 18.8 Å². The van der Waals surface area contributed by atoms with Crippen LogP contribution >= 0.6 is 11.6 Å². The molecule has 1 N–H and O–H groups in total. The van der Waals surface area contributed by atoms with Gasteiger partial charge in [0.2, 0.25) is 11.8 Å². The molecule has 34 heavy (non-hydrogen) atoms. The lowest BCUT2D eigenvalue weighted by atomic mass is 9.76. The lowest BCUT2D eigenvalue weighted by molar-refractivity contribution is -0.139. The molecule has 2 saturated heterocycles. The summed E-state index contributed by atoms with van der Waals surface area (Å²) in [4.78, 5) is 44.6. The third-order valence-electron chi connectivity index (χ3n) is 7.37. The van der Waals surface area contributed by atoms with E-state index in [0.717, 1.165) is 18.8 Å².